The minimum absolute atomic E-state index is 0.261. The summed E-state index contributed by atoms with van der Waals surface area (Å²) in [6, 6.07) is 18.5. The maximum absolute atomic E-state index is 13.4. The first kappa shape index (κ1) is 20.2. The molecule has 3 rings (SSSR count). The first-order valence-electron chi connectivity index (χ1n) is 9.18. The normalized spacial score (nSPS) is 10.6. The largest absolute Gasteiger partial charge is 0.490 e. The number of benzene rings is 3. The Morgan fingerprint density at radius 3 is 2.54 bits per heavy atom. The first-order chi connectivity index (χ1) is 13.6. The van der Waals surface area contributed by atoms with E-state index in [-0.39, 0.29) is 12.4 Å². The summed E-state index contributed by atoms with van der Waals surface area (Å²) in [5.41, 5.74) is 4.13. The number of anilines is 1. The number of hydrogen-bond acceptors (Lipinski definition) is 3. The maximum atomic E-state index is 13.4. The summed E-state index contributed by atoms with van der Waals surface area (Å²) < 4.78 is 25.9. The third-order valence-corrected chi connectivity index (χ3v) is 4.86. The van der Waals surface area contributed by atoms with Gasteiger partial charge >= 0.3 is 0 Å². The highest BCUT2D eigenvalue weighted by Crippen LogP contribution is 2.37. The van der Waals surface area contributed by atoms with Gasteiger partial charge in [-0.25, -0.2) is 4.39 Å². The quantitative estimate of drug-likeness (QED) is 0.431. The van der Waals surface area contributed by atoms with Gasteiger partial charge < -0.3 is 14.8 Å². The fraction of sp³-hybridized carbons (Fsp3) is 0.217. The fourth-order valence-electron chi connectivity index (χ4n) is 2.88. The van der Waals surface area contributed by atoms with Crippen molar-refractivity contribution in [2.24, 2.45) is 0 Å². The topological polar surface area (TPSA) is 30.5 Å². The Balaban J connectivity index is 1.76. The molecule has 0 unspecified atom stereocenters. The Hall–Kier alpha value is -2.53. The van der Waals surface area contributed by atoms with Crippen molar-refractivity contribution >= 4 is 21.6 Å². The third kappa shape index (κ3) is 5.26. The molecule has 0 bridgehead atoms. The van der Waals surface area contributed by atoms with E-state index in [0.717, 1.165) is 21.3 Å². The Kier molecular flexibility index (Phi) is 6.93. The molecule has 1 N–H and O–H groups in total. The zero-order chi connectivity index (χ0) is 19.9. The van der Waals surface area contributed by atoms with E-state index in [4.69, 9.17) is 9.47 Å². The van der Waals surface area contributed by atoms with Gasteiger partial charge in [0, 0.05) is 12.2 Å². The van der Waals surface area contributed by atoms with Crippen molar-refractivity contribution < 1.29 is 13.9 Å². The zero-order valence-corrected chi connectivity index (χ0v) is 17.6. The molecule has 3 nitrogen and oxygen atoms in total. The molecule has 0 heterocycles. The second kappa shape index (κ2) is 9.60. The lowest BCUT2D eigenvalue weighted by Crippen LogP contribution is -2.04. The molecule has 0 atom stereocenters. The number of ether oxygens (including phenoxy) is 2. The molecule has 0 aromatic heterocycles. The van der Waals surface area contributed by atoms with E-state index in [0.29, 0.717) is 24.7 Å². The average Bonchev–Trinajstić information content (AvgIpc) is 2.67. The van der Waals surface area contributed by atoms with E-state index in [1.54, 1.807) is 6.07 Å². The summed E-state index contributed by atoms with van der Waals surface area (Å²) in [7, 11) is 0. The van der Waals surface area contributed by atoms with Gasteiger partial charge in [0.1, 0.15) is 12.4 Å². The van der Waals surface area contributed by atoms with Crippen LogP contribution in [-0.4, -0.2) is 6.61 Å². The highest BCUT2D eigenvalue weighted by Gasteiger charge is 2.13. The summed E-state index contributed by atoms with van der Waals surface area (Å²) >= 11 is 3.59. The number of rotatable bonds is 8. The first-order valence-corrected chi connectivity index (χ1v) is 9.98. The molecule has 0 saturated heterocycles. The summed E-state index contributed by atoms with van der Waals surface area (Å²) in [6.07, 6.45) is 0. The van der Waals surface area contributed by atoms with Crippen molar-refractivity contribution in [2.75, 3.05) is 11.9 Å². The molecule has 0 spiro atoms. The predicted octanol–water partition coefficient (Wildman–Crippen LogP) is 6.49. The van der Waals surface area contributed by atoms with Crippen molar-refractivity contribution in [3.8, 4) is 11.5 Å². The Morgan fingerprint density at radius 1 is 0.964 bits per heavy atom. The molecule has 0 fully saturated rings. The second-order valence-corrected chi connectivity index (χ2v) is 7.28. The van der Waals surface area contributed by atoms with Crippen molar-refractivity contribution in [1.29, 1.82) is 0 Å². The molecular formula is C23H23BrFNO2. The lowest BCUT2D eigenvalue weighted by atomic mass is 10.1. The molecule has 5 heteroatoms. The third-order valence-electron chi connectivity index (χ3n) is 4.27. The van der Waals surface area contributed by atoms with Crippen LogP contribution in [0.25, 0.3) is 0 Å². The van der Waals surface area contributed by atoms with Crippen LogP contribution < -0.4 is 14.8 Å². The monoisotopic (exact) mass is 443 g/mol. The van der Waals surface area contributed by atoms with E-state index in [9.17, 15) is 4.39 Å². The molecule has 28 heavy (non-hydrogen) atoms. The number of nitrogens with one attached hydrogen (secondary N) is 1. The highest BCUT2D eigenvalue weighted by molar-refractivity contribution is 9.10. The van der Waals surface area contributed by atoms with E-state index >= 15 is 0 Å². The van der Waals surface area contributed by atoms with Crippen LogP contribution in [0.2, 0.25) is 0 Å². The van der Waals surface area contributed by atoms with Crippen molar-refractivity contribution in [3.63, 3.8) is 0 Å². The van der Waals surface area contributed by atoms with E-state index in [1.807, 2.05) is 37.3 Å². The van der Waals surface area contributed by atoms with Gasteiger partial charge in [0.15, 0.2) is 11.5 Å². The van der Waals surface area contributed by atoms with Gasteiger partial charge in [-0.3, -0.25) is 0 Å². The van der Waals surface area contributed by atoms with E-state index in [2.05, 4.69) is 40.3 Å². The Labute approximate surface area is 173 Å². The van der Waals surface area contributed by atoms with Gasteiger partial charge in [-0.2, -0.15) is 0 Å². The van der Waals surface area contributed by atoms with Gasteiger partial charge in [0.2, 0.25) is 0 Å². The number of aryl methyl sites for hydroxylation is 1. The van der Waals surface area contributed by atoms with Gasteiger partial charge in [-0.15, -0.1) is 0 Å². The number of hydrogen-bond donors (Lipinski definition) is 1. The summed E-state index contributed by atoms with van der Waals surface area (Å²) in [5.74, 6) is 1.00. The summed E-state index contributed by atoms with van der Waals surface area (Å²) in [5, 5.41) is 3.45. The molecule has 0 aliphatic carbocycles. The minimum Gasteiger partial charge on any atom is -0.490 e. The van der Waals surface area contributed by atoms with Gasteiger partial charge in [-0.1, -0.05) is 30.3 Å². The van der Waals surface area contributed by atoms with E-state index < -0.39 is 0 Å². The van der Waals surface area contributed by atoms with Gasteiger partial charge in [0.25, 0.3) is 0 Å². The molecule has 0 aliphatic rings. The van der Waals surface area contributed by atoms with Crippen LogP contribution in [0.4, 0.5) is 10.1 Å². The van der Waals surface area contributed by atoms with Crippen LogP contribution in [0, 0.1) is 12.7 Å². The highest BCUT2D eigenvalue weighted by atomic mass is 79.9. The molecule has 3 aromatic rings. The Bertz CT molecular complexity index is 946. The molecule has 0 radical (unpaired) electrons. The van der Waals surface area contributed by atoms with Crippen LogP contribution in [-0.2, 0) is 13.2 Å². The molecule has 3 aromatic carbocycles. The summed E-state index contributed by atoms with van der Waals surface area (Å²) in [6.45, 7) is 5.46. The van der Waals surface area contributed by atoms with Gasteiger partial charge in [-0.05, 0) is 76.8 Å². The second-order valence-electron chi connectivity index (χ2n) is 6.42. The van der Waals surface area contributed by atoms with Crippen LogP contribution in [0.1, 0.15) is 23.6 Å². The van der Waals surface area contributed by atoms with Gasteiger partial charge in [0.05, 0.1) is 11.1 Å². The molecule has 0 saturated carbocycles. The molecule has 146 valence electrons. The van der Waals surface area contributed by atoms with Crippen molar-refractivity contribution in [1.82, 2.24) is 0 Å². The maximum Gasteiger partial charge on any atom is 0.175 e. The SMILES string of the molecule is CCOc1cc(CNc2ccccc2C)cc(Br)c1OCc1cccc(F)c1. The Morgan fingerprint density at radius 2 is 1.79 bits per heavy atom. The molecular weight excluding hydrogens is 421 g/mol. The van der Waals surface area contributed by atoms with Crippen molar-refractivity contribution in [3.05, 3.63) is 87.6 Å². The van der Waals surface area contributed by atoms with Crippen molar-refractivity contribution in [2.45, 2.75) is 27.0 Å². The number of halogens is 2. The lowest BCUT2D eigenvalue weighted by molar-refractivity contribution is 0.267. The smallest absolute Gasteiger partial charge is 0.175 e. The minimum atomic E-state index is -0.275. The predicted molar refractivity (Wildman–Crippen MR) is 115 cm³/mol. The van der Waals surface area contributed by atoms with Crippen LogP contribution in [0.5, 0.6) is 11.5 Å². The van der Waals surface area contributed by atoms with Crippen LogP contribution >= 0.6 is 15.9 Å². The zero-order valence-electron chi connectivity index (χ0n) is 16.0. The van der Waals surface area contributed by atoms with E-state index in [1.165, 1.54) is 17.7 Å². The standard InChI is InChI=1S/C23H23BrFNO2/c1-3-27-22-13-18(14-26-21-10-5-4-7-16(21)2)12-20(24)23(22)28-15-17-8-6-9-19(25)11-17/h4-13,26H,3,14-15H2,1-2H3. The van der Waals surface area contributed by atoms with Crippen LogP contribution in [0.3, 0.4) is 0 Å². The number of para-hydroxylation sites is 1. The summed E-state index contributed by atoms with van der Waals surface area (Å²) in [4.78, 5) is 0. The average molecular weight is 444 g/mol. The fourth-order valence-corrected chi connectivity index (χ4v) is 3.48. The van der Waals surface area contributed by atoms with Crippen LogP contribution in [0.15, 0.2) is 65.1 Å². The lowest BCUT2D eigenvalue weighted by Gasteiger charge is -2.16. The molecule has 0 aliphatic heterocycles. The molecule has 0 amide bonds.